The van der Waals surface area contributed by atoms with Gasteiger partial charge in [-0.1, -0.05) is 26.0 Å². The average Bonchev–Trinajstić information content (AvgIpc) is 2.77. The molecule has 0 aromatic rings. The van der Waals surface area contributed by atoms with Crippen molar-refractivity contribution in [2.24, 2.45) is 34.5 Å². The van der Waals surface area contributed by atoms with Gasteiger partial charge in [-0.25, -0.2) is 0 Å². The Morgan fingerprint density at radius 1 is 1.00 bits per heavy atom. The number of rotatable bonds is 0. The van der Waals surface area contributed by atoms with Gasteiger partial charge in [0.2, 0.25) is 0 Å². The lowest BCUT2D eigenvalue weighted by Gasteiger charge is -2.59. The van der Waals surface area contributed by atoms with E-state index in [0.29, 0.717) is 35.2 Å². The average molecular weight is 300 g/mol. The molecule has 0 aromatic heterocycles. The lowest BCUT2D eigenvalue weighted by atomic mass is 9.44. The standard InChI is InChI=1S/C20H28O2/c1-12-10-14-15-4-5-18(22)20(15,3)9-7-16(14)19(2)8-6-13(21)11-17(12)19/h14-17H,1,4-11H2,2-3H3. The van der Waals surface area contributed by atoms with Crippen molar-refractivity contribution in [2.45, 2.75) is 65.2 Å². The second-order valence-corrected chi connectivity index (χ2v) is 8.96. The van der Waals surface area contributed by atoms with Crippen LogP contribution in [-0.4, -0.2) is 11.6 Å². The van der Waals surface area contributed by atoms with Crippen LogP contribution in [0.1, 0.15) is 65.2 Å². The van der Waals surface area contributed by atoms with Crippen LogP contribution in [0.3, 0.4) is 0 Å². The summed E-state index contributed by atoms with van der Waals surface area (Å²) in [4.78, 5) is 24.4. The third-order valence-electron chi connectivity index (χ3n) is 8.15. The number of fused-ring (bicyclic) bond motifs is 5. The zero-order valence-electron chi connectivity index (χ0n) is 14.0. The van der Waals surface area contributed by atoms with Crippen molar-refractivity contribution in [3.63, 3.8) is 0 Å². The molecule has 0 N–H and O–H groups in total. The summed E-state index contributed by atoms with van der Waals surface area (Å²) in [5.41, 5.74) is 1.50. The molecule has 120 valence electrons. The molecule has 6 atom stereocenters. The van der Waals surface area contributed by atoms with Crippen molar-refractivity contribution in [2.75, 3.05) is 0 Å². The lowest BCUT2D eigenvalue weighted by molar-refractivity contribution is -0.138. The van der Waals surface area contributed by atoms with Gasteiger partial charge in [0.05, 0.1) is 0 Å². The number of ketones is 2. The molecule has 4 aliphatic rings. The van der Waals surface area contributed by atoms with Gasteiger partial charge in [0.25, 0.3) is 0 Å². The molecule has 4 fully saturated rings. The van der Waals surface area contributed by atoms with Crippen molar-refractivity contribution >= 4 is 11.6 Å². The van der Waals surface area contributed by atoms with E-state index in [9.17, 15) is 9.59 Å². The van der Waals surface area contributed by atoms with Crippen molar-refractivity contribution in [1.29, 1.82) is 0 Å². The second-order valence-electron chi connectivity index (χ2n) is 8.96. The fraction of sp³-hybridized carbons (Fsp3) is 0.800. The Labute approximate surface area is 133 Å². The lowest BCUT2D eigenvalue weighted by Crippen LogP contribution is -2.54. The number of allylic oxidation sites excluding steroid dienone is 1. The molecule has 2 heteroatoms. The van der Waals surface area contributed by atoms with Crippen LogP contribution >= 0.6 is 0 Å². The van der Waals surface area contributed by atoms with Gasteiger partial charge >= 0.3 is 0 Å². The van der Waals surface area contributed by atoms with E-state index in [1.165, 1.54) is 12.0 Å². The van der Waals surface area contributed by atoms with Crippen LogP contribution in [0.25, 0.3) is 0 Å². The van der Waals surface area contributed by atoms with Crippen molar-refractivity contribution in [3.8, 4) is 0 Å². The van der Waals surface area contributed by atoms with E-state index in [-0.39, 0.29) is 10.8 Å². The predicted octanol–water partition coefficient (Wildman–Crippen LogP) is 4.33. The van der Waals surface area contributed by atoms with E-state index in [0.717, 1.165) is 44.9 Å². The highest BCUT2D eigenvalue weighted by atomic mass is 16.1. The summed E-state index contributed by atoms with van der Waals surface area (Å²) in [5, 5.41) is 0. The minimum absolute atomic E-state index is 0.0604. The highest BCUT2D eigenvalue weighted by Crippen LogP contribution is 2.66. The third kappa shape index (κ3) is 1.73. The molecule has 4 rings (SSSR count). The first-order chi connectivity index (χ1) is 10.4. The van der Waals surface area contributed by atoms with E-state index >= 15 is 0 Å². The van der Waals surface area contributed by atoms with Crippen LogP contribution in [0.4, 0.5) is 0 Å². The molecule has 4 saturated carbocycles. The van der Waals surface area contributed by atoms with Crippen LogP contribution < -0.4 is 0 Å². The first-order valence-corrected chi connectivity index (χ1v) is 9.09. The Morgan fingerprint density at radius 3 is 2.55 bits per heavy atom. The van der Waals surface area contributed by atoms with Gasteiger partial charge in [-0.15, -0.1) is 0 Å². The number of carbonyl (C=O) groups excluding carboxylic acids is 2. The largest absolute Gasteiger partial charge is 0.300 e. The third-order valence-corrected chi connectivity index (χ3v) is 8.15. The van der Waals surface area contributed by atoms with Crippen molar-refractivity contribution < 1.29 is 9.59 Å². The zero-order chi connectivity index (χ0) is 15.7. The minimum atomic E-state index is -0.0604. The Balaban J connectivity index is 1.71. The molecule has 0 bridgehead atoms. The van der Waals surface area contributed by atoms with Gasteiger partial charge in [0.1, 0.15) is 11.6 Å². The second kappa shape index (κ2) is 4.55. The molecular weight excluding hydrogens is 272 g/mol. The van der Waals surface area contributed by atoms with Gasteiger partial charge in [0.15, 0.2) is 0 Å². The van der Waals surface area contributed by atoms with E-state index < -0.39 is 0 Å². The topological polar surface area (TPSA) is 34.1 Å². The van der Waals surface area contributed by atoms with Crippen molar-refractivity contribution in [1.82, 2.24) is 0 Å². The zero-order valence-corrected chi connectivity index (χ0v) is 14.0. The Hall–Kier alpha value is -0.920. The summed E-state index contributed by atoms with van der Waals surface area (Å²) in [5.74, 6) is 3.22. The Bertz CT molecular complexity index is 562. The van der Waals surface area contributed by atoms with Crippen LogP contribution in [0.5, 0.6) is 0 Å². The maximum atomic E-state index is 12.4. The summed E-state index contributed by atoms with van der Waals surface area (Å²) in [6, 6.07) is 0. The van der Waals surface area contributed by atoms with Crippen LogP contribution in [0.2, 0.25) is 0 Å². The summed E-state index contributed by atoms with van der Waals surface area (Å²) >= 11 is 0. The monoisotopic (exact) mass is 300 g/mol. The molecule has 0 amide bonds. The van der Waals surface area contributed by atoms with Gasteiger partial charge in [-0.2, -0.15) is 0 Å². The SMILES string of the molecule is C=C1CC2C3CCC(=O)C3(C)CCC2C2(C)CCC(=O)CC12. The molecular formula is C20H28O2. The summed E-state index contributed by atoms with van der Waals surface area (Å²) < 4.78 is 0. The number of hydrogen-bond acceptors (Lipinski definition) is 2. The van der Waals surface area contributed by atoms with Gasteiger partial charge in [0, 0.05) is 24.7 Å². The molecule has 0 spiro atoms. The molecule has 2 nitrogen and oxygen atoms in total. The summed E-state index contributed by atoms with van der Waals surface area (Å²) in [6.07, 6.45) is 7.70. The van der Waals surface area contributed by atoms with Crippen LogP contribution in [-0.2, 0) is 9.59 Å². The molecule has 0 aromatic carbocycles. The predicted molar refractivity (Wildman–Crippen MR) is 86.3 cm³/mol. The first kappa shape index (κ1) is 14.7. The van der Waals surface area contributed by atoms with E-state index in [4.69, 9.17) is 0 Å². The quantitative estimate of drug-likeness (QED) is 0.624. The van der Waals surface area contributed by atoms with E-state index in [2.05, 4.69) is 20.4 Å². The number of Topliss-reactive ketones (excluding diaryl/α,β-unsaturated/α-hetero) is 2. The highest BCUT2D eigenvalue weighted by molar-refractivity contribution is 5.87. The van der Waals surface area contributed by atoms with Crippen LogP contribution in [0, 0.1) is 34.5 Å². The number of hydrogen-bond donors (Lipinski definition) is 0. The summed E-state index contributed by atoms with van der Waals surface area (Å²) in [6.45, 7) is 9.04. The maximum absolute atomic E-state index is 12.4. The molecule has 6 unspecified atom stereocenters. The van der Waals surface area contributed by atoms with Gasteiger partial charge in [-0.3, -0.25) is 9.59 Å². The minimum Gasteiger partial charge on any atom is -0.300 e. The Morgan fingerprint density at radius 2 is 1.77 bits per heavy atom. The van der Waals surface area contributed by atoms with Crippen molar-refractivity contribution in [3.05, 3.63) is 12.2 Å². The molecule has 0 radical (unpaired) electrons. The Kier molecular flexibility index (Phi) is 3.03. The molecule has 0 heterocycles. The molecule has 22 heavy (non-hydrogen) atoms. The maximum Gasteiger partial charge on any atom is 0.139 e. The number of carbonyl (C=O) groups is 2. The fourth-order valence-electron chi connectivity index (χ4n) is 6.81. The van der Waals surface area contributed by atoms with E-state index in [1.54, 1.807) is 0 Å². The van der Waals surface area contributed by atoms with Gasteiger partial charge < -0.3 is 0 Å². The molecule has 4 aliphatic carbocycles. The highest BCUT2D eigenvalue weighted by Gasteiger charge is 2.60. The first-order valence-electron chi connectivity index (χ1n) is 9.09. The summed E-state index contributed by atoms with van der Waals surface area (Å²) in [7, 11) is 0. The molecule has 0 saturated heterocycles. The normalized spacial score (nSPS) is 51.3. The van der Waals surface area contributed by atoms with Gasteiger partial charge in [-0.05, 0) is 61.2 Å². The smallest absolute Gasteiger partial charge is 0.139 e. The van der Waals surface area contributed by atoms with E-state index in [1.807, 2.05) is 0 Å². The molecule has 0 aliphatic heterocycles. The van der Waals surface area contributed by atoms with Crippen LogP contribution in [0.15, 0.2) is 12.2 Å². The fourth-order valence-corrected chi connectivity index (χ4v) is 6.81.